The summed E-state index contributed by atoms with van der Waals surface area (Å²) in [6.45, 7) is 1.71. The Morgan fingerprint density at radius 2 is 2.10 bits per heavy atom. The van der Waals surface area contributed by atoms with Crippen LogP contribution < -0.4 is 4.72 Å². The van der Waals surface area contributed by atoms with Gasteiger partial charge in [-0.25, -0.2) is 13.1 Å². The number of nitrogens with one attached hydrogen (secondary N) is 1. The van der Waals surface area contributed by atoms with Gasteiger partial charge in [0, 0.05) is 12.6 Å². The minimum atomic E-state index is -3.88. The first-order chi connectivity index (χ1) is 9.24. The Labute approximate surface area is 116 Å². The van der Waals surface area contributed by atoms with E-state index in [9.17, 15) is 23.6 Å². The van der Waals surface area contributed by atoms with Crippen LogP contribution in [0.1, 0.15) is 19.8 Å². The summed E-state index contributed by atoms with van der Waals surface area (Å²) in [6, 6.07) is 2.84. The monoisotopic (exact) mass is 304 g/mol. The average Bonchev–Trinajstić information content (AvgIpc) is 2.34. The van der Waals surface area contributed by atoms with Gasteiger partial charge >= 0.3 is 5.69 Å². The number of nitro groups is 1. The lowest BCUT2D eigenvalue weighted by atomic mass is 10.2. The Hall–Kier alpha value is -1.71. The molecule has 0 aliphatic heterocycles. The molecule has 112 valence electrons. The Bertz CT molecular complexity index is 585. The maximum absolute atomic E-state index is 11.9. The molecular weight excluding hydrogens is 288 g/mol. The number of aliphatic hydroxyl groups excluding tert-OH is 1. The van der Waals surface area contributed by atoms with E-state index >= 15 is 0 Å². The van der Waals surface area contributed by atoms with E-state index in [2.05, 4.69) is 4.72 Å². The van der Waals surface area contributed by atoms with Crippen LogP contribution in [0.15, 0.2) is 23.1 Å². The number of nitrogens with zero attached hydrogens (tertiary/aromatic N) is 1. The van der Waals surface area contributed by atoms with E-state index in [4.69, 9.17) is 5.11 Å². The van der Waals surface area contributed by atoms with Crippen molar-refractivity contribution < 1.29 is 23.6 Å². The van der Waals surface area contributed by atoms with Gasteiger partial charge in [0.15, 0.2) is 5.75 Å². The molecule has 8 nitrogen and oxygen atoms in total. The average molecular weight is 304 g/mol. The Balaban J connectivity index is 2.82. The van der Waals surface area contributed by atoms with Gasteiger partial charge in [0.1, 0.15) is 0 Å². The first-order valence-corrected chi connectivity index (χ1v) is 7.37. The Morgan fingerprint density at radius 1 is 1.45 bits per heavy atom. The molecule has 1 unspecified atom stereocenters. The van der Waals surface area contributed by atoms with Crippen LogP contribution in [-0.2, 0) is 10.0 Å². The number of phenols is 1. The molecule has 0 heterocycles. The van der Waals surface area contributed by atoms with Gasteiger partial charge in [-0.3, -0.25) is 10.1 Å². The lowest BCUT2D eigenvalue weighted by Crippen LogP contribution is -2.25. The summed E-state index contributed by atoms with van der Waals surface area (Å²) in [5.41, 5.74) is -0.670. The van der Waals surface area contributed by atoms with Crippen LogP contribution in [-0.4, -0.2) is 36.2 Å². The third-order valence-corrected chi connectivity index (χ3v) is 4.00. The third-order valence-electron chi connectivity index (χ3n) is 2.54. The van der Waals surface area contributed by atoms with Crippen LogP contribution in [0.5, 0.6) is 5.75 Å². The van der Waals surface area contributed by atoms with Crippen LogP contribution in [0.25, 0.3) is 0 Å². The maximum Gasteiger partial charge on any atom is 0.312 e. The lowest BCUT2D eigenvalue weighted by molar-refractivity contribution is -0.386. The molecule has 0 spiro atoms. The lowest BCUT2D eigenvalue weighted by Gasteiger charge is -2.08. The minimum Gasteiger partial charge on any atom is -0.502 e. The van der Waals surface area contributed by atoms with E-state index in [-0.39, 0.29) is 11.4 Å². The molecule has 0 bridgehead atoms. The summed E-state index contributed by atoms with van der Waals surface area (Å²) in [5.74, 6) is -0.594. The van der Waals surface area contributed by atoms with E-state index in [1.807, 2.05) is 0 Å². The SMILES string of the molecule is CC(O)CCCNS(=O)(=O)c1ccc(O)c([N+](=O)[O-])c1. The first-order valence-electron chi connectivity index (χ1n) is 5.89. The number of aromatic hydroxyl groups is 1. The van der Waals surface area contributed by atoms with Crippen molar-refractivity contribution in [3.63, 3.8) is 0 Å². The molecule has 3 N–H and O–H groups in total. The molecule has 0 fully saturated rings. The summed E-state index contributed by atoms with van der Waals surface area (Å²) in [6.07, 6.45) is 0.365. The van der Waals surface area contributed by atoms with Crippen molar-refractivity contribution in [3.05, 3.63) is 28.3 Å². The van der Waals surface area contributed by atoms with Crippen LogP contribution in [0.4, 0.5) is 5.69 Å². The zero-order valence-electron chi connectivity index (χ0n) is 10.8. The molecule has 1 aromatic carbocycles. The summed E-state index contributed by atoms with van der Waals surface area (Å²) >= 11 is 0. The molecule has 0 amide bonds. The molecule has 0 aliphatic rings. The second kappa shape index (κ2) is 6.64. The number of benzene rings is 1. The number of nitro benzene ring substituents is 1. The van der Waals surface area contributed by atoms with Crippen LogP contribution in [0, 0.1) is 10.1 Å². The molecular formula is C11H16N2O6S. The highest BCUT2D eigenvalue weighted by molar-refractivity contribution is 7.89. The highest BCUT2D eigenvalue weighted by Gasteiger charge is 2.20. The summed E-state index contributed by atoms with van der Waals surface area (Å²) < 4.78 is 26.0. The topological polar surface area (TPSA) is 130 Å². The van der Waals surface area contributed by atoms with Crippen molar-refractivity contribution in [3.8, 4) is 5.75 Å². The summed E-state index contributed by atoms with van der Waals surface area (Å²) in [5, 5.41) is 28.9. The molecule has 1 atom stereocenters. The Kier molecular flexibility index (Phi) is 5.43. The van der Waals surface area contributed by atoms with Crippen LogP contribution in [0.2, 0.25) is 0 Å². The normalized spacial score (nSPS) is 13.1. The van der Waals surface area contributed by atoms with E-state index < -0.39 is 32.5 Å². The predicted molar refractivity (Wildman–Crippen MR) is 70.9 cm³/mol. The second-order valence-electron chi connectivity index (χ2n) is 4.30. The molecule has 0 saturated carbocycles. The third kappa shape index (κ3) is 4.44. The standard InChI is InChI=1S/C11H16N2O6S/c1-8(14)3-2-6-12-20(18,19)9-4-5-11(15)10(7-9)13(16)17/h4-5,7-8,12,14-15H,2-3,6H2,1H3. The van der Waals surface area contributed by atoms with Gasteiger partial charge in [-0.05, 0) is 31.9 Å². The smallest absolute Gasteiger partial charge is 0.312 e. The van der Waals surface area contributed by atoms with Gasteiger partial charge in [-0.2, -0.15) is 0 Å². The van der Waals surface area contributed by atoms with Crippen molar-refractivity contribution in [2.45, 2.75) is 30.8 Å². The van der Waals surface area contributed by atoms with Crippen molar-refractivity contribution in [2.75, 3.05) is 6.54 Å². The maximum atomic E-state index is 11.9. The molecule has 1 aromatic rings. The molecule has 0 aliphatic carbocycles. The molecule has 0 radical (unpaired) electrons. The fourth-order valence-corrected chi connectivity index (χ4v) is 2.60. The predicted octanol–water partition coefficient (Wildman–Crippen LogP) is 0.740. The van der Waals surface area contributed by atoms with Crippen LogP contribution >= 0.6 is 0 Å². The molecule has 1 rings (SSSR count). The molecule has 20 heavy (non-hydrogen) atoms. The van der Waals surface area contributed by atoms with E-state index in [0.717, 1.165) is 18.2 Å². The number of sulfonamides is 1. The fraction of sp³-hybridized carbons (Fsp3) is 0.455. The van der Waals surface area contributed by atoms with Crippen molar-refractivity contribution in [1.82, 2.24) is 4.72 Å². The van der Waals surface area contributed by atoms with Crippen LogP contribution in [0.3, 0.4) is 0 Å². The molecule has 0 saturated heterocycles. The summed E-state index contributed by atoms with van der Waals surface area (Å²) in [7, 11) is -3.88. The first kappa shape index (κ1) is 16.3. The largest absolute Gasteiger partial charge is 0.502 e. The number of rotatable bonds is 7. The Morgan fingerprint density at radius 3 is 2.65 bits per heavy atom. The van der Waals surface area contributed by atoms with Crippen molar-refractivity contribution in [1.29, 1.82) is 0 Å². The number of hydrogen-bond donors (Lipinski definition) is 3. The van der Waals surface area contributed by atoms with Gasteiger partial charge in [0.25, 0.3) is 0 Å². The fourth-order valence-electron chi connectivity index (χ4n) is 1.50. The number of hydrogen-bond acceptors (Lipinski definition) is 6. The summed E-state index contributed by atoms with van der Waals surface area (Å²) in [4.78, 5) is 9.49. The van der Waals surface area contributed by atoms with E-state index in [1.54, 1.807) is 6.92 Å². The molecule has 9 heteroatoms. The van der Waals surface area contributed by atoms with Gasteiger partial charge < -0.3 is 10.2 Å². The highest BCUT2D eigenvalue weighted by Crippen LogP contribution is 2.28. The highest BCUT2D eigenvalue weighted by atomic mass is 32.2. The number of aliphatic hydroxyl groups is 1. The zero-order chi connectivity index (χ0) is 15.3. The van der Waals surface area contributed by atoms with Gasteiger partial charge in [0.05, 0.1) is 15.9 Å². The van der Waals surface area contributed by atoms with Gasteiger partial charge in [-0.15, -0.1) is 0 Å². The number of phenolic OH excluding ortho intramolecular Hbond substituents is 1. The molecule has 0 aromatic heterocycles. The van der Waals surface area contributed by atoms with Crippen molar-refractivity contribution >= 4 is 15.7 Å². The van der Waals surface area contributed by atoms with Gasteiger partial charge in [-0.1, -0.05) is 0 Å². The second-order valence-corrected chi connectivity index (χ2v) is 6.06. The minimum absolute atomic E-state index is 0.113. The van der Waals surface area contributed by atoms with E-state index in [0.29, 0.717) is 12.8 Å². The quantitative estimate of drug-likeness (QED) is 0.387. The zero-order valence-corrected chi connectivity index (χ0v) is 11.6. The van der Waals surface area contributed by atoms with E-state index in [1.165, 1.54) is 0 Å². The van der Waals surface area contributed by atoms with Crippen molar-refractivity contribution in [2.24, 2.45) is 0 Å². The van der Waals surface area contributed by atoms with Gasteiger partial charge in [0.2, 0.25) is 10.0 Å².